The molecule has 1 unspecified atom stereocenters. The maximum atomic E-state index is 11.0. The van der Waals surface area contributed by atoms with Gasteiger partial charge in [0.05, 0.1) is 4.88 Å². The van der Waals surface area contributed by atoms with E-state index in [-0.39, 0.29) is 0 Å². The first kappa shape index (κ1) is 11.5. The Labute approximate surface area is 113 Å². The Morgan fingerprint density at radius 1 is 1.35 bits per heavy atom. The van der Waals surface area contributed by atoms with E-state index in [1.807, 2.05) is 11.4 Å². The zero-order chi connectivity index (χ0) is 12.0. The zero-order valence-corrected chi connectivity index (χ0v) is 11.9. The SMILES string of the molecule is Cc1ccc2c(c1)C(O)(c1sccc1Br)CC2. The molecular formula is C14H13BrOS. The van der Waals surface area contributed by atoms with Gasteiger partial charge in [0.2, 0.25) is 0 Å². The molecule has 1 atom stereocenters. The highest BCUT2D eigenvalue weighted by Crippen LogP contribution is 2.46. The molecule has 0 aliphatic heterocycles. The number of rotatable bonds is 1. The van der Waals surface area contributed by atoms with Crippen LogP contribution in [0.2, 0.25) is 0 Å². The van der Waals surface area contributed by atoms with Crippen molar-refractivity contribution in [2.45, 2.75) is 25.4 Å². The van der Waals surface area contributed by atoms with Crippen molar-refractivity contribution < 1.29 is 5.11 Å². The Morgan fingerprint density at radius 3 is 2.88 bits per heavy atom. The second-order valence-corrected chi connectivity index (χ2v) is 6.39. The van der Waals surface area contributed by atoms with Gasteiger partial charge in [-0.25, -0.2) is 0 Å². The van der Waals surface area contributed by atoms with Gasteiger partial charge in [-0.2, -0.15) is 0 Å². The van der Waals surface area contributed by atoms with Gasteiger partial charge in [-0.05, 0) is 58.3 Å². The third kappa shape index (κ3) is 1.68. The van der Waals surface area contributed by atoms with E-state index in [1.165, 1.54) is 11.1 Å². The molecule has 2 aromatic rings. The van der Waals surface area contributed by atoms with E-state index >= 15 is 0 Å². The molecule has 88 valence electrons. The van der Waals surface area contributed by atoms with Crippen LogP contribution in [0.4, 0.5) is 0 Å². The predicted molar refractivity (Wildman–Crippen MR) is 74.5 cm³/mol. The van der Waals surface area contributed by atoms with Crippen molar-refractivity contribution in [1.29, 1.82) is 0 Å². The largest absolute Gasteiger partial charge is 0.379 e. The number of benzene rings is 1. The second-order valence-electron chi connectivity index (χ2n) is 4.62. The summed E-state index contributed by atoms with van der Waals surface area (Å²) in [6.07, 6.45) is 1.74. The number of aryl methyl sites for hydroxylation is 2. The zero-order valence-electron chi connectivity index (χ0n) is 9.53. The summed E-state index contributed by atoms with van der Waals surface area (Å²) in [4.78, 5) is 1.03. The molecular weight excluding hydrogens is 296 g/mol. The van der Waals surface area contributed by atoms with Crippen LogP contribution in [0.15, 0.2) is 34.1 Å². The molecule has 3 heteroatoms. The van der Waals surface area contributed by atoms with Gasteiger partial charge in [-0.15, -0.1) is 11.3 Å². The molecule has 1 aliphatic carbocycles. The molecule has 0 bridgehead atoms. The minimum Gasteiger partial charge on any atom is -0.379 e. The molecule has 0 radical (unpaired) electrons. The van der Waals surface area contributed by atoms with E-state index in [0.29, 0.717) is 0 Å². The summed E-state index contributed by atoms with van der Waals surface area (Å²) in [5.74, 6) is 0. The first-order chi connectivity index (χ1) is 8.11. The minimum atomic E-state index is -0.797. The summed E-state index contributed by atoms with van der Waals surface area (Å²) >= 11 is 5.15. The van der Waals surface area contributed by atoms with Gasteiger partial charge < -0.3 is 5.11 Å². The summed E-state index contributed by atoms with van der Waals surface area (Å²) in [7, 11) is 0. The number of halogens is 1. The molecule has 1 aliphatic rings. The normalized spacial score (nSPS) is 22.8. The van der Waals surface area contributed by atoms with Crippen molar-refractivity contribution in [2.24, 2.45) is 0 Å². The quantitative estimate of drug-likeness (QED) is 0.844. The first-order valence-electron chi connectivity index (χ1n) is 5.67. The highest BCUT2D eigenvalue weighted by molar-refractivity contribution is 9.10. The molecule has 1 N–H and O–H groups in total. The monoisotopic (exact) mass is 308 g/mol. The fourth-order valence-corrected chi connectivity index (χ4v) is 4.41. The molecule has 0 saturated heterocycles. The van der Waals surface area contributed by atoms with Crippen LogP contribution in [0.5, 0.6) is 0 Å². The first-order valence-corrected chi connectivity index (χ1v) is 7.34. The Hall–Kier alpha value is -0.640. The van der Waals surface area contributed by atoms with Gasteiger partial charge >= 0.3 is 0 Å². The lowest BCUT2D eigenvalue weighted by Gasteiger charge is -2.23. The van der Waals surface area contributed by atoms with Crippen LogP contribution in [-0.4, -0.2) is 5.11 Å². The average molecular weight is 309 g/mol. The number of aliphatic hydroxyl groups is 1. The molecule has 1 nitrogen and oxygen atoms in total. The number of thiophene rings is 1. The van der Waals surface area contributed by atoms with Crippen LogP contribution in [0.3, 0.4) is 0 Å². The summed E-state index contributed by atoms with van der Waals surface area (Å²) < 4.78 is 1.01. The smallest absolute Gasteiger partial charge is 0.125 e. The Morgan fingerprint density at radius 2 is 2.18 bits per heavy atom. The average Bonchev–Trinajstić information content (AvgIpc) is 2.85. The Bertz CT molecular complexity index is 575. The van der Waals surface area contributed by atoms with E-state index < -0.39 is 5.60 Å². The molecule has 1 aromatic heterocycles. The van der Waals surface area contributed by atoms with Gasteiger partial charge in [0.15, 0.2) is 0 Å². The van der Waals surface area contributed by atoms with Gasteiger partial charge in [0, 0.05) is 4.47 Å². The van der Waals surface area contributed by atoms with Crippen molar-refractivity contribution in [1.82, 2.24) is 0 Å². The predicted octanol–water partition coefficient (Wildman–Crippen LogP) is 4.00. The van der Waals surface area contributed by atoms with Crippen LogP contribution in [0.1, 0.15) is 28.0 Å². The lowest BCUT2D eigenvalue weighted by molar-refractivity contribution is 0.0861. The fraction of sp³-hybridized carbons (Fsp3) is 0.286. The third-order valence-electron chi connectivity index (χ3n) is 3.46. The van der Waals surface area contributed by atoms with Crippen LogP contribution in [0.25, 0.3) is 0 Å². The van der Waals surface area contributed by atoms with Crippen LogP contribution < -0.4 is 0 Å². The van der Waals surface area contributed by atoms with Crippen LogP contribution in [-0.2, 0) is 12.0 Å². The summed E-state index contributed by atoms with van der Waals surface area (Å²) in [5.41, 5.74) is 2.77. The molecule has 0 spiro atoms. The van der Waals surface area contributed by atoms with Crippen LogP contribution >= 0.6 is 27.3 Å². The van der Waals surface area contributed by atoms with Gasteiger partial charge in [-0.1, -0.05) is 23.8 Å². The lowest BCUT2D eigenvalue weighted by atomic mass is 9.93. The van der Waals surface area contributed by atoms with E-state index in [2.05, 4.69) is 41.1 Å². The molecule has 17 heavy (non-hydrogen) atoms. The van der Waals surface area contributed by atoms with Crippen molar-refractivity contribution in [3.63, 3.8) is 0 Å². The third-order valence-corrected chi connectivity index (χ3v) is 5.45. The minimum absolute atomic E-state index is 0.783. The standard InChI is InChI=1S/C14H13BrOS/c1-9-2-3-10-4-6-14(16,11(10)8-9)13-12(15)5-7-17-13/h2-3,5,7-8,16H,4,6H2,1H3. The summed E-state index contributed by atoms with van der Waals surface area (Å²) in [6, 6.07) is 8.39. The molecule has 0 amide bonds. The highest BCUT2D eigenvalue weighted by atomic mass is 79.9. The molecule has 0 fully saturated rings. The van der Waals surface area contributed by atoms with Gasteiger partial charge in [0.1, 0.15) is 5.60 Å². The maximum absolute atomic E-state index is 11.0. The maximum Gasteiger partial charge on any atom is 0.125 e. The second kappa shape index (κ2) is 3.94. The molecule has 3 rings (SSSR count). The van der Waals surface area contributed by atoms with E-state index in [4.69, 9.17) is 0 Å². The van der Waals surface area contributed by atoms with E-state index in [1.54, 1.807) is 11.3 Å². The number of hydrogen-bond donors (Lipinski definition) is 1. The van der Waals surface area contributed by atoms with Gasteiger partial charge in [0.25, 0.3) is 0 Å². The Kier molecular flexibility index (Phi) is 2.65. The van der Waals surface area contributed by atoms with Crippen molar-refractivity contribution in [3.8, 4) is 0 Å². The summed E-state index contributed by atoms with van der Waals surface area (Å²) in [5, 5.41) is 13.0. The topological polar surface area (TPSA) is 20.2 Å². The van der Waals surface area contributed by atoms with Crippen molar-refractivity contribution >= 4 is 27.3 Å². The Balaban J connectivity index is 2.20. The van der Waals surface area contributed by atoms with Crippen molar-refractivity contribution in [2.75, 3.05) is 0 Å². The molecule has 1 aromatic carbocycles. The van der Waals surface area contributed by atoms with Crippen LogP contribution in [0, 0.1) is 6.92 Å². The number of fused-ring (bicyclic) bond motifs is 1. The lowest BCUT2D eigenvalue weighted by Crippen LogP contribution is -2.23. The van der Waals surface area contributed by atoms with E-state index in [9.17, 15) is 5.11 Å². The fourth-order valence-electron chi connectivity index (χ4n) is 2.57. The van der Waals surface area contributed by atoms with Crippen molar-refractivity contribution in [3.05, 3.63) is 55.7 Å². The van der Waals surface area contributed by atoms with Gasteiger partial charge in [-0.3, -0.25) is 0 Å². The highest BCUT2D eigenvalue weighted by Gasteiger charge is 2.40. The molecule has 0 saturated carbocycles. The number of hydrogen-bond acceptors (Lipinski definition) is 2. The summed E-state index contributed by atoms with van der Waals surface area (Å²) in [6.45, 7) is 2.07. The van der Waals surface area contributed by atoms with E-state index in [0.717, 1.165) is 27.8 Å². The molecule has 1 heterocycles.